The third-order valence-corrected chi connectivity index (χ3v) is 4.17. The van der Waals surface area contributed by atoms with E-state index in [2.05, 4.69) is 20.4 Å². The minimum atomic E-state index is -1.09. The molecule has 3 N–H and O–H groups in total. The van der Waals surface area contributed by atoms with Gasteiger partial charge in [0.15, 0.2) is 5.65 Å². The molecule has 2 aromatic heterocycles. The van der Waals surface area contributed by atoms with E-state index in [9.17, 15) is 14.3 Å². The number of hydrogen-bond acceptors (Lipinski definition) is 5. The second-order valence-electron chi connectivity index (χ2n) is 5.96. The third kappa shape index (κ3) is 3.30. The van der Waals surface area contributed by atoms with E-state index in [-0.39, 0.29) is 23.6 Å². The van der Waals surface area contributed by atoms with Gasteiger partial charge in [0, 0.05) is 12.1 Å². The van der Waals surface area contributed by atoms with Gasteiger partial charge in [0.1, 0.15) is 11.2 Å². The lowest BCUT2D eigenvalue weighted by Crippen LogP contribution is -2.18. The number of fused-ring (bicyclic) bond motifs is 1. The van der Waals surface area contributed by atoms with Crippen molar-refractivity contribution in [2.24, 2.45) is 0 Å². The molecule has 1 atom stereocenters. The first-order chi connectivity index (χ1) is 13.1. The van der Waals surface area contributed by atoms with E-state index < -0.39 is 11.9 Å². The van der Waals surface area contributed by atoms with E-state index in [4.69, 9.17) is 0 Å². The van der Waals surface area contributed by atoms with Gasteiger partial charge in [0.2, 0.25) is 5.95 Å². The smallest absolute Gasteiger partial charge is 0.263 e. The number of aliphatic hydroxyl groups is 1. The topological polar surface area (TPSA) is 95.8 Å². The van der Waals surface area contributed by atoms with Crippen LogP contribution < -0.4 is 10.9 Å². The Kier molecular flexibility index (Phi) is 4.39. The maximum absolute atomic E-state index is 13.8. The van der Waals surface area contributed by atoms with Crippen molar-refractivity contribution in [3.05, 3.63) is 82.5 Å². The first-order valence-electron chi connectivity index (χ1n) is 8.33. The fraction of sp³-hybridized carbons (Fsp3) is 0.105. The highest BCUT2D eigenvalue weighted by Gasteiger charge is 2.14. The molecule has 0 aliphatic rings. The van der Waals surface area contributed by atoms with Crippen LogP contribution >= 0.6 is 0 Å². The highest BCUT2D eigenvalue weighted by Crippen LogP contribution is 2.18. The maximum atomic E-state index is 13.8. The Balaban J connectivity index is 1.63. The zero-order valence-electron chi connectivity index (χ0n) is 14.1. The summed E-state index contributed by atoms with van der Waals surface area (Å²) in [7, 11) is 0. The Morgan fingerprint density at radius 3 is 2.67 bits per heavy atom. The summed E-state index contributed by atoms with van der Waals surface area (Å²) >= 11 is 0. The average molecular weight is 365 g/mol. The number of para-hydroxylation sites is 1. The molecule has 2 aromatic carbocycles. The molecule has 4 rings (SSSR count). The molecule has 0 aliphatic heterocycles. The van der Waals surface area contributed by atoms with Crippen LogP contribution in [-0.2, 0) is 0 Å². The summed E-state index contributed by atoms with van der Waals surface area (Å²) in [6, 6.07) is 15.3. The van der Waals surface area contributed by atoms with E-state index >= 15 is 0 Å². The molecule has 0 amide bonds. The molecule has 4 aromatic rings. The van der Waals surface area contributed by atoms with Crippen LogP contribution in [0.15, 0.2) is 65.6 Å². The molecular formula is C19H16FN5O2. The zero-order chi connectivity index (χ0) is 18.8. The SMILES string of the molecule is O=c1[nH]c(NCC(O)c2ccccc2F)nc2c1cnn2-c1ccccc1. The summed E-state index contributed by atoms with van der Waals surface area (Å²) in [5.41, 5.74) is 0.962. The Morgan fingerprint density at radius 1 is 1.15 bits per heavy atom. The molecule has 8 heteroatoms. The fourth-order valence-corrected chi connectivity index (χ4v) is 2.81. The van der Waals surface area contributed by atoms with Crippen molar-refractivity contribution in [3.63, 3.8) is 0 Å². The van der Waals surface area contributed by atoms with Crippen molar-refractivity contribution in [1.29, 1.82) is 0 Å². The summed E-state index contributed by atoms with van der Waals surface area (Å²) in [5, 5.41) is 17.6. The van der Waals surface area contributed by atoms with Crippen LogP contribution in [0.5, 0.6) is 0 Å². The number of benzene rings is 2. The summed E-state index contributed by atoms with van der Waals surface area (Å²) in [5.74, 6) is -0.327. The average Bonchev–Trinajstić information content (AvgIpc) is 3.12. The first-order valence-corrected chi connectivity index (χ1v) is 8.33. The van der Waals surface area contributed by atoms with Gasteiger partial charge in [-0.25, -0.2) is 9.07 Å². The van der Waals surface area contributed by atoms with Crippen molar-refractivity contribution in [3.8, 4) is 5.69 Å². The molecule has 27 heavy (non-hydrogen) atoms. The Hall–Kier alpha value is -3.52. The van der Waals surface area contributed by atoms with Gasteiger partial charge >= 0.3 is 0 Å². The lowest BCUT2D eigenvalue weighted by molar-refractivity contribution is 0.186. The van der Waals surface area contributed by atoms with Crippen LogP contribution in [0.4, 0.5) is 10.3 Å². The molecule has 0 saturated carbocycles. The second kappa shape index (κ2) is 7.00. The Labute approximate surface area is 153 Å². The van der Waals surface area contributed by atoms with Gasteiger partial charge in [-0.05, 0) is 18.2 Å². The first kappa shape index (κ1) is 16.9. The number of anilines is 1. The summed E-state index contributed by atoms with van der Waals surface area (Å²) in [4.78, 5) is 19.3. The number of nitrogens with one attached hydrogen (secondary N) is 2. The van der Waals surface area contributed by atoms with E-state index in [0.717, 1.165) is 5.69 Å². The quantitative estimate of drug-likeness (QED) is 0.505. The highest BCUT2D eigenvalue weighted by molar-refractivity contribution is 5.76. The van der Waals surface area contributed by atoms with Crippen molar-refractivity contribution in [2.75, 3.05) is 11.9 Å². The van der Waals surface area contributed by atoms with Crippen LogP contribution in [0.3, 0.4) is 0 Å². The van der Waals surface area contributed by atoms with Gasteiger partial charge in [0.05, 0.1) is 18.0 Å². The van der Waals surface area contributed by atoms with E-state index in [1.807, 2.05) is 30.3 Å². The summed E-state index contributed by atoms with van der Waals surface area (Å²) in [6.45, 7) is -0.0190. The number of aromatic nitrogens is 4. The van der Waals surface area contributed by atoms with Crippen LogP contribution in [-0.4, -0.2) is 31.4 Å². The summed E-state index contributed by atoms with van der Waals surface area (Å²) in [6.07, 6.45) is 0.359. The lowest BCUT2D eigenvalue weighted by atomic mass is 10.1. The highest BCUT2D eigenvalue weighted by atomic mass is 19.1. The molecular weight excluding hydrogens is 349 g/mol. The number of hydrogen-bond donors (Lipinski definition) is 3. The van der Waals surface area contributed by atoms with E-state index in [1.165, 1.54) is 18.3 Å². The van der Waals surface area contributed by atoms with Crippen LogP contribution in [0, 0.1) is 5.82 Å². The Bertz CT molecular complexity index is 1140. The maximum Gasteiger partial charge on any atom is 0.263 e. The fourth-order valence-electron chi connectivity index (χ4n) is 2.81. The number of rotatable bonds is 5. The van der Waals surface area contributed by atoms with Crippen molar-refractivity contribution >= 4 is 17.0 Å². The summed E-state index contributed by atoms with van der Waals surface area (Å²) < 4.78 is 15.3. The normalized spacial score (nSPS) is 12.2. The molecule has 1 unspecified atom stereocenters. The predicted molar refractivity (Wildman–Crippen MR) is 99.3 cm³/mol. The van der Waals surface area contributed by atoms with Crippen molar-refractivity contribution in [2.45, 2.75) is 6.10 Å². The molecule has 2 heterocycles. The largest absolute Gasteiger partial charge is 0.386 e. The van der Waals surface area contributed by atoms with Gasteiger partial charge in [-0.3, -0.25) is 9.78 Å². The monoisotopic (exact) mass is 365 g/mol. The van der Waals surface area contributed by atoms with E-state index in [0.29, 0.717) is 11.0 Å². The number of halogens is 1. The number of nitrogens with zero attached hydrogens (tertiary/aromatic N) is 3. The van der Waals surface area contributed by atoms with Gasteiger partial charge < -0.3 is 10.4 Å². The van der Waals surface area contributed by atoms with Crippen LogP contribution in [0.2, 0.25) is 0 Å². The minimum Gasteiger partial charge on any atom is -0.386 e. The van der Waals surface area contributed by atoms with Gasteiger partial charge in [-0.1, -0.05) is 36.4 Å². The standard InChI is InChI=1S/C19H16FN5O2/c20-15-9-5-4-8-13(15)16(26)11-21-19-23-17-14(18(27)24-19)10-22-25(17)12-6-2-1-3-7-12/h1-10,16,26H,11H2,(H2,21,23,24,27). The van der Waals surface area contributed by atoms with Gasteiger partial charge in [-0.2, -0.15) is 10.1 Å². The van der Waals surface area contributed by atoms with Gasteiger partial charge in [0.25, 0.3) is 5.56 Å². The molecule has 0 radical (unpaired) electrons. The third-order valence-electron chi connectivity index (χ3n) is 4.17. The number of aliphatic hydroxyl groups excluding tert-OH is 1. The lowest BCUT2D eigenvalue weighted by Gasteiger charge is -2.13. The minimum absolute atomic E-state index is 0.0190. The molecule has 136 valence electrons. The molecule has 7 nitrogen and oxygen atoms in total. The molecule has 0 aliphatic carbocycles. The molecule has 0 saturated heterocycles. The van der Waals surface area contributed by atoms with Crippen molar-refractivity contribution in [1.82, 2.24) is 19.7 Å². The molecule has 0 spiro atoms. The second-order valence-corrected chi connectivity index (χ2v) is 5.96. The van der Waals surface area contributed by atoms with Gasteiger partial charge in [-0.15, -0.1) is 0 Å². The number of aromatic amines is 1. The molecule has 0 bridgehead atoms. The van der Waals surface area contributed by atoms with Crippen molar-refractivity contribution < 1.29 is 9.50 Å². The Morgan fingerprint density at radius 2 is 1.89 bits per heavy atom. The van der Waals surface area contributed by atoms with Crippen LogP contribution in [0.1, 0.15) is 11.7 Å². The zero-order valence-corrected chi connectivity index (χ0v) is 14.1. The molecule has 0 fully saturated rings. The predicted octanol–water partition coefficient (Wildman–Crippen LogP) is 2.39. The van der Waals surface area contributed by atoms with Crippen LogP contribution in [0.25, 0.3) is 16.7 Å². The number of H-pyrrole nitrogens is 1. The van der Waals surface area contributed by atoms with E-state index in [1.54, 1.807) is 16.8 Å².